The number of aliphatic carboxylic acids is 1. The van der Waals surface area contributed by atoms with Gasteiger partial charge in [-0.25, -0.2) is 4.98 Å². The van der Waals surface area contributed by atoms with E-state index in [4.69, 9.17) is 5.11 Å². The van der Waals surface area contributed by atoms with E-state index < -0.39 is 18.1 Å². The first-order valence-electron chi connectivity index (χ1n) is 6.63. The van der Waals surface area contributed by atoms with Gasteiger partial charge in [-0.3, -0.25) is 19.5 Å². The molecule has 8 nitrogen and oxygen atoms in total. The summed E-state index contributed by atoms with van der Waals surface area (Å²) in [5, 5.41) is 24.2. The number of aliphatic imine (C=N–C) groups is 1. The summed E-state index contributed by atoms with van der Waals surface area (Å²) in [7, 11) is 0. The third-order valence-electron chi connectivity index (χ3n) is 3.64. The number of hydrogen-bond acceptors (Lipinski definition) is 8. The third-order valence-corrected chi connectivity index (χ3v) is 4.42. The zero-order valence-electron chi connectivity index (χ0n) is 11.5. The Morgan fingerprint density at radius 3 is 3.00 bits per heavy atom. The van der Waals surface area contributed by atoms with Crippen molar-refractivity contribution in [1.82, 2.24) is 15.2 Å². The first-order valence-corrected chi connectivity index (χ1v) is 7.51. The molecule has 0 saturated carbocycles. The van der Waals surface area contributed by atoms with Crippen LogP contribution in [0.5, 0.6) is 0 Å². The Morgan fingerprint density at radius 2 is 2.41 bits per heavy atom. The molecule has 2 aliphatic heterocycles. The van der Waals surface area contributed by atoms with Crippen molar-refractivity contribution in [2.75, 3.05) is 19.6 Å². The predicted octanol–water partition coefficient (Wildman–Crippen LogP) is -0.924. The van der Waals surface area contributed by atoms with E-state index in [2.05, 4.69) is 15.3 Å². The molecule has 1 saturated heterocycles. The van der Waals surface area contributed by atoms with Crippen LogP contribution in [0, 0.1) is 0 Å². The van der Waals surface area contributed by atoms with Gasteiger partial charge in [0.25, 0.3) is 0 Å². The fourth-order valence-electron chi connectivity index (χ4n) is 2.48. The van der Waals surface area contributed by atoms with Crippen molar-refractivity contribution in [3.05, 3.63) is 27.9 Å². The normalized spacial score (nSPS) is 25.2. The van der Waals surface area contributed by atoms with E-state index in [9.17, 15) is 14.7 Å². The Morgan fingerprint density at radius 1 is 1.59 bits per heavy atom. The van der Waals surface area contributed by atoms with Crippen LogP contribution in [0.15, 0.2) is 27.8 Å². The highest BCUT2D eigenvalue weighted by Crippen LogP contribution is 2.21. The van der Waals surface area contributed by atoms with Crippen LogP contribution in [0.2, 0.25) is 0 Å². The molecule has 116 valence electrons. The minimum Gasteiger partial charge on any atom is -0.480 e. The van der Waals surface area contributed by atoms with E-state index in [1.807, 2.05) is 5.38 Å². The molecule has 0 radical (unpaired) electrons. The molecule has 9 heteroatoms. The molecule has 1 aromatic heterocycles. The maximum absolute atomic E-state index is 11.2. The molecule has 0 bridgehead atoms. The summed E-state index contributed by atoms with van der Waals surface area (Å²) in [6.45, 7) is 0.736. The maximum atomic E-state index is 11.2. The van der Waals surface area contributed by atoms with Crippen LogP contribution in [-0.4, -0.2) is 70.0 Å². The molecule has 0 spiro atoms. The second-order valence-corrected chi connectivity index (χ2v) is 5.92. The van der Waals surface area contributed by atoms with E-state index in [0.29, 0.717) is 22.1 Å². The lowest BCUT2D eigenvalue weighted by Gasteiger charge is -2.43. The monoisotopic (exact) mass is 322 g/mol. The highest BCUT2D eigenvalue weighted by atomic mass is 32.1. The number of likely N-dealkylation sites (tertiary alicyclic amines) is 1. The van der Waals surface area contributed by atoms with Crippen molar-refractivity contribution in [3.63, 3.8) is 0 Å². The van der Waals surface area contributed by atoms with Crippen LogP contribution in [0.25, 0.3) is 0 Å². The molecule has 1 aromatic rings. The number of carbonyl (C=O) groups is 2. The van der Waals surface area contributed by atoms with Crippen molar-refractivity contribution in [1.29, 1.82) is 0 Å². The summed E-state index contributed by atoms with van der Waals surface area (Å²) in [5.41, 5.74) is 1.08. The zero-order valence-corrected chi connectivity index (χ0v) is 12.3. The topological polar surface area (TPSA) is 115 Å². The fraction of sp³-hybridized carbons (Fsp3) is 0.385. The van der Waals surface area contributed by atoms with Crippen molar-refractivity contribution in [3.8, 4) is 0 Å². The number of carbonyl (C=O) groups excluding carboxylic acids is 1. The third kappa shape index (κ3) is 2.65. The van der Waals surface area contributed by atoms with Gasteiger partial charge < -0.3 is 15.5 Å². The summed E-state index contributed by atoms with van der Waals surface area (Å²) >= 11 is 1.42. The molecular weight excluding hydrogens is 308 g/mol. The first kappa shape index (κ1) is 14.8. The second-order valence-electron chi connectivity index (χ2n) is 5.03. The average Bonchev–Trinajstić information content (AvgIpc) is 2.99. The number of rotatable bonds is 5. The van der Waals surface area contributed by atoms with Gasteiger partial charge in [-0.1, -0.05) is 0 Å². The highest BCUT2D eigenvalue weighted by molar-refractivity contribution is 7.11. The van der Waals surface area contributed by atoms with E-state index in [1.165, 1.54) is 11.3 Å². The lowest BCUT2D eigenvalue weighted by molar-refractivity contribution is -0.159. The second kappa shape index (κ2) is 5.95. The number of hydrogen-bond donors (Lipinski definition) is 3. The van der Waals surface area contributed by atoms with Gasteiger partial charge in [-0.15, -0.1) is 11.3 Å². The Labute approximate surface area is 129 Å². The van der Waals surface area contributed by atoms with Gasteiger partial charge in [-0.05, 0) is 0 Å². The van der Waals surface area contributed by atoms with Crippen LogP contribution >= 0.6 is 11.3 Å². The first-order chi connectivity index (χ1) is 10.6. The molecule has 3 N–H and O–H groups in total. The molecule has 0 amide bonds. The van der Waals surface area contributed by atoms with Crippen molar-refractivity contribution in [2.24, 2.45) is 4.99 Å². The van der Waals surface area contributed by atoms with Crippen LogP contribution in [0.4, 0.5) is 0 Å². The van der Waals surface area contributed by atoms with Gasteiger partial charge in [-0.2, -0.15) is 0 Å². The van der Waals surface area contributed by atoms with Crippen LogP contribution in [0.3, 0.4) is 0 Å². The SMILES string of the molecule is O=CC1=C(CN2CC(O)C2C(=O)O)NC(c2nccs2)=NC1. The number of aromatic nitrogens is 1. The number of aliphatic hydroxyl groups excluding tert-OH is 1. The predicted molar refractivity (Wildman–Crippen MR) is 78.7 cm³/mol. The minimum atomic E-state index is -1.07. The number of carboxylic acid groups (broad SMARTS) is 1. The number of thiazole rings is 1. The molecule has 1 fully saturated rings. The molecule has 2 atom stereocenters. The molecule has 0 aromatic carbocycles. The van der Waals surface area contributed by atoms with Crippen molar-refractivity contribution >= 4 is 29.4 Å². The van der Waals surface area contributed by atoms with E-state index in [-0.39, 0.29) is 19.6 Å². The lowest BCUT2D eigenvalue weighted by atomic mass is 9.98. The van der Waals surface area contributed by atoms with Gasteiger partial charge in [0.15, 0.2) is 10.8 Å². The van der Waals surface area contributed by atoms with Crippen LogP contribution in [0.1, 0.15) is 5.01 Å². The summed E-state index contributed by atoms with van der Waals surface area (Å²) in [6.07, 6.45) is 1.50. The quantitative estimate of drug-likeness (QED) is 0.600. The largest absolute Gasteiger partial charge is 0.480 e. The van der Waals surface area contributed by atoms with E-state index in [1.54, 1.807) is 11.1 Å². The standard InChI is InChI=1S/C13H14N4O4S/c18-6-7-3-15-11(12-14-1-2-22-12)16-8(7)4-17-5-9(19)10(17)13(20)21/h1-2,6,9-10,19H,3-5H2,(H,15,16)(H,20,21). The number of nitrogens with zero attached hydrogens (tertiary/aromatic N) is 3. The molecule has 3 heterocycles. The number of aliphatic hydroxyl groups is 1. The smallest absolute Gasteiger partial charge is 0.323 e. The van der Waals surface area contributed by atoms with Gasteiger partial charge in [0.2, 0.25) is 0 Å². The maximum Gasteiger partial charge on any atom is 0.323 e. The van der Waals surface area contributed by atoms with Gasteiger partial charge in [0, 0.05) is 35.9 Å². The van der Waals surface area contributed by atoms with Crippen LogP contribution < -0.4 is 5.32 Å². The Hall–Kier alpha value is -2.10. The van der Waals surface area contributed by atoms with Gasteiger partial charge in [0.05, 0.1) is 12.6 Å². The molecule has 3 rings (SSSR count). The van der Waals surface area contributed by atoms with Gasteiger partial charge >= 0.3 is 5.97 Å². The number of aldehydes is 1. The molecule has 0 aliphatic carbocycles. The number of carboxylic acids is 1. The average molecular weight is 322 g/mol. The summed E-state index contributed by atoms with van der Waals surface area (Å²) in [6, 6.07) is -0.940. The molecule has 2 unspecified atom stereocenters. The number of β-amino-alcohol motifs (C(OH)–C–C–N with tert-alkyl or cyclic N) is 1. The van der Waals surface area contributed by atoms with Crippen molar-refractivity contribution in [2.45, 2.75) is 12.1 Å². The summed E-state index contributed by atoms with van der Waals surface area (Å²) < 4.78 is 0. The lowest BCUT2D eigenvalue weighted by Crippen LogP contribution is -2.64. The molecular formula is C13H14N4O4S. The number of amidine groups is 1. The van der Waals surface area contributed by atoms with E-state index in [0.717, 1.165) is 6.29 Å². The highest BCUT2D eigenvalue weighted by Gasteiger charge is 2.43. The van der Waals surface area contributed by atoms with E-state index >= 15 is 0 Å². The number of nitrogens with one attached hydrogen (secondary N) is 1. The Kier molecular flexibility index (Phi) is 4.01. The Balaban J connectivity index is 1.75. The van der Waals surface area contributed by atoms with Gasteiger partial charge in [0.1, 0.15) is 12.3 Å². The fourth-order valence-corrected chi connectivity index (χ4v) is 3.08. The van der Waals surface area contributed by atoms with Crippen molar-refractivity contribution < 1.29 is 19.8 Å². The molecule has 2 aliphatic rings. The summed E-state index contributed by atoms with van der Waals surface area (Å²) in [5.74, 6) is -0.500. The minimum absolute atomic E-state index is 0.231. The molecule has 22 heavy (non-hydrogen) atoms. The van der Waals surface area contributed by atoms with Crippen LogP contribution in [-0.2, 0) is 9.59 Å². The summed E-state index contributed by atoms with van der Waals surface area (Å²) in [4.78, 5) is 32.3. The Bertz CT molecular complexity index is 655. The zero-order chi connectivity index (χ0) is 15.7.